The van der Waals surface area contributed by atoms with Crippen molar-refractivity contribution in [3.8, 4) is 5.75 Å². The van der Waals surface area contributed by atoms with Crippen LogP contribution in [-0.4, -0.2) is 16.7 Å². The first-order valence-electron chi connectivity index (χ1n) is 6.51. The van der Waals surface area contributed by atoms with Crippen molar-refractivity contribution in [2.24, 2.45) is 12.8 Å². The van der Waals surface area contributed by atoms with Crippen molar-refractivity contribution in [3.05, 3.63) is 59.9 Å². The summed E-state index contributed by atoms with van der Waals surface area (Å²) in [4.78, 5) is 4.64. The number of aryl methyl sites for hydroxylation is 1. The number of imidazole rings is 1. The van der Waals surface area contributed by atoms with Gasteiger partial charge in [-0.3, -0.25) is 0 Å². The van der Waals surface area contributed by atoms with Crippen LogP contribution in [0.4, 0.5) is 0 Å². The summed E-state index contributed by atoms with van der Waals surface area (Å²) in [6, 6.07) is 15.6. The van der Waals surface area contributed by atoms with Gasteiger partial charge in [-0.2, -0.15) is 0 Å². The zero-order valence-corrected chi connectivity index (χ0v) is 11.6. The molecule has 0 spiro atoms. The van der Waals surface area contributed by atoms with Gasteiger partial charge >= 0.3 is 0 Å². The van der Waals surface area contributed by atoms with Gasteiger partial charge in [0, 0.05) is 7.05 Å². The largest absolute Gasteiger partial charge is 0.497 e. The lowest BCUT2D eigenvalue weighted by Crippen LogP contribution is -2.16. The average molecular weight is 267 g/mol. The van der Waals surface area contributed by atoms with Gasteiger partial charge in [0.2, 0.25) is 0 Å². The van der Waals surface area contributed by atoms with Crippen molar-refractivity contribution in [3.63, 3.8) is 0 Å². The maximum atomic E-state index is 6.35. The highest BCUT2D eigenvalue weighted by Crippen LogP contribution is 2.24. The quantitative estimate of drug-likeness (QED) is 0.793. The summed E-state index contributed by atoms with van der Waals surface area (Å²) in [6.45, 7) is 0. The van der Waals surface area contributed by atoms with E-state index < -0.39 is 0 Å². The molecule has 1 unspecified atom stereocenters. The van der Waals surface area contributed by atoms with Gasteiger partial charge in [0.15, 0.2) is 0 Å². The van der Waals surface area contributed by atoms with E-state index in [0.29, 0.717) is 0 Å². The Morgan fingerprint density at radius 1 is 1.10 bits per heavy atom. The molecule has 0 amide bonds. The van der Waals surface area contributed by atoms with Crippen molar-refractivity contribution in [2.45, 2.75) is 6.04 Å². The highest BCUT2D eigenvalue weighted by molar-refractivity contribution is 5.76. The molecule has 3 aromatic rings. The van der Waals surface area contributed by atoms with E-state index >= 15 is 0 Å². The third-order valence-electron chi connectivity index (χ3n) is 3.57. The van der Waals surface area contributed by atoms with Gasteiger partial charge in [-0.25, -0.2) is 4.98 Å². The highest BCUT2D eigenvalue weighted by Gasteiger charge is 2.16. The van der Waals surface area contributed by atoms with E-state index in [9.17, 15) is 0 Å². The number of methoxy groups -OCH3 is 1. The van der Waals surface area contributed by atoms with Crippen LogP contribution in [0.2, 0.25) is 0 Å². The Balaban J connectivity index is 2.02. The Morgan fingerprint density at radius 3 is 2.45 bits per heavy atom. The second-order valence-corrected chi connectivity index (χ2v) is 4.77. The maximum Gasteiger partial charge on any atom is 0.131 e. The molecule has 2 N–H and O–H groups in total. The minimum atomic E-state index is -0.252. The average Bonchev–Trinajstić information content (AvgIpc) is 2.84. The molecule has 0 aliphatic heterocycles. The summed E-state index contributed by atoms with van der Waals surface area (Å²) >= 11 is 0. The van der Waals surface area contributed by atoms with E-state index in [2.05, 4.69) is 4.98 Å². The van der Waals surface area contributed by atoms with E-state index in [4.69, 9.17) is 10.5 Å². The Morgan fingerprint density at radius 2 is 1.80 bits per heavy atom. The zero-order valence-electron chi connectivity index (χ0n) is 11.6. The molecule has 1 atom stereocenters. The van der Waals surface area contributed by atoms with Crippen LogP contribution in [0.5, 0.6) is 5.75 Å². The van der Waals surface area contributed by atoms with E-state index in [1.807, 2.05) is 60.1 Å². The second-order valence-electron chi connectivity index (χ2n) is 4.77. The van der Waals surface area contributed by atoms with Crippen LogP contribution in [0.3, 0.4) is 0 Å². The van der Waals surface area contributed by atoms with Crippen molar-refractivity contribution in [2.75, 3.05) is 7.11 Å². The van der Waals surface area contributed by atoms with E-state index in [1.54, 1.807) is 7.11 Å². The number of benzene rings is 2. The number of nitrogens with two attached hydrogens (primary N) is 1. The van der Waals surface area contributed by atoms with Gasteiger partial charge in [0.1, 0.15) is 11.6 Å². The molecule has 0 saturated heterocycles. The number of hydrogen-bond acceptors (Lipinski definition) is 3. The van der Waals surface area contributed by atoms with Crippen molar-refractivity contribution in [1.82, 2.24) is 9.55 Å². The highest BCUT2D eigenvalue weighted by atomic mass is 16.5. The number of nitrogens with zero attached hydrogens (tertiary/aromatic N) is 2. The Labute approximate surface area is 117 Å². The smallest absolute Gasteiger partial charge is 0.131 e. The third kappa shape index (κ3) is 2.04. The standard InChI is InChI=1S/C16H17N3O/c1-19-14-6-4-3-5-13(14)18-16(19)15(17)11-7-9-12(20-2)10-8-11/h3-10,15H,17H2,1-2H3. The number of para-hydroxylation sites is 2. The van der Waals surface area contributed by atoms with E-state index in [-0.39, 0.29) is 6.04 Å². The Kier molecular flexibility index (Phi) is 3.16. The van der Waals surface area contributed by atoms with Gasteiger partial charge in [-0.1, -0.05) is 24.3 Å². The molecule has 20 heavy (non-hydrogen) atoms. The zero-order chi connectivity index (χ0) is 14.1. The topological polar surface area (TPSA) is 53.1 Å². The summed E-state index contributed by atoms with van der Waals surface area (Å²) < 4.78 is 7.21. The molecule has 4 heteroatoms. The molecule has 1 aromatic heterocycles. The summed E-state index contributed by atoms with van der Waals surface area (Å²) in [6.07, 6.45) is 0. The molecule has 0 saturated carbocycles. The summed E-state index contributed by atoms with van der Waals surface area (Å²) in [5, 5.41) is 0. The van der Waals surface area contributed by atoms with Crippen LogP contribution >= 0.6 is 0 Å². The minimum absolute atomic E-state index is 0.252. The number of rotatable bonds is 3. The lowest BCUT2D eigenvalue weighted by atomic mass is 10.1. The predicted molar refractivity (Wildman–Crippen MR) is 79.7 cm³/mol. The van der Waals surface area contributed by atoms with Gasteiger partial charge in [-0.15, -0.1) is 0 Å². The fourth-order valence-corrected chi connectivity index (χ4v) is 2.40. The first-order valence-corrected chi connectivity index (χ1v) is 6.51. The molecule has 0 fully saturated rings. The van der Waals surface area contributed by atoms with Gasteiger partial charge in [0.05, 0.1) is 24.2 Å². The normalized spacial score (nSPS) is 12.6. The van der Waals surface area contributed by atoms with Crippen LogP contribution in [0.15, 0.2) is 48.5 Å². The van der Waals surface area contributed by atoms with E-state index in [0.717, 1.165) is 28.2 Å². The lowest BCUT2D eigenvalue weighted by molar-refractivity contribution is 0.414. The Bertz CT molecular complexity index is 731. The van der Waals surface area contributed by atoms with Crippen molar-refractivity contribution < 1.29 is 4.74 Å². The number of ether oxygens (including phenoxy) is 1. The summed E-state index contributed by atoms with van der Waals surface area (Å²) in [5.41, 5.74) is 9.42. The first-order chi connectivity index (χ1) is 9.70. The van der Waals surface area contributed by atoms with Gasteiger partial charge in [-0.05, 0) is 29.8 Å². The number of fused-ring (bicyclic) bond motifs is 1. The SMILES string of the molecule is COc1ccc(C(N)c2nc3ccccc3n2C)cc1. The van der Waals surface area contributed by atoms with Crippen molar-refractivity contribution >= 4 is 11.0 Å². The summed E-state index contributed by atoms with van der Waals surface area (Å²) in [7, 11) is 3.65. The monoisotopic (exact) mass is 267 g/mol. The van der Waals surface area contributed by atoms with Crippen molar-refractivity contribution in [1.29, 1.82) is 0 Å². The molecule has 0 aliphatic rings. The van der Waals surface area contributed by atoms with Crippen LogP contribution in [0, 0.1) is 0 Å². The molecule has 0 aliphatic carbocycles. The molecule has 0 radical (unpaired) electrons. The lowest BCUT2D eigenvalue weighted by Gasteiger charge is -2.12. The maximum absolute atomic E-state index is 6.35. The predicted octanol–water partition coefficient (Wildman–Crippen LogP) is 2.63. The Hall–Kier alpha value is -2.33. The number of aromatic nitrogens is 2. The van der Waals surface area contributed by atoms with Crippen LogP contribution in [-0.2, 0) is 7.05 Å². The molecule has 2 aromatic carbocycles. The van der Waals surface area contributed by atoms with Gasteiger partial charge in [0.25, 0.3) is 0 Å². The fraction of sp³-hybridized carbons (Fsp3) is 0.188. The van der Waals surface area contributed by atoms with Gasteiger partial charge < -0.3 is 15.0 Å². The van der Waals surface area contributed by atoms with Crippen LogP contribution < -0.4 is 10.5 Å². The minimum Gasteiger partial charge on any atom is -0.497 e. The molecule has 1 heterocycles. The third-order valence-corrected chi connectivity index (χ3v) is 3.57. The van der Waals surface area contributed by atoms with Crippen LogP contribution in [0.25, 0.3) is 11.0 Å². The second kappa shape index (κ2) is 4.98. The molecule has 4 nitrogen and oxygen atoms in total. The first kappa shape index (κ1) is 12.7. The van der Waals surface area contributed by atoms with Crippen LogP contribution in [0.1, 0.15) is 17.4 Å². The molecule has 3 rings (SSSR count). The molecular weight excluding hydrogens is 250 g/mol. The van der Waals surface area contributed by atoms with E-state index in [1.165, 1.54) is 0 Å². The summed E-state index contributed by atoms with van der Waals surface area (Å²) in [5.74, 6) is 1.68. The number of hydrogen-bond donors (Lipinski definition) is 1. The molecular formula is C16H17N3O. The molecule has 0 bridgehead atoms. The molecule has 102 valence electrons. The fourth-order valence-electron chi connectivity index (χ4n) is 2.40.